The molecule has 0 atom stereocenters. The fourth-order valence-corrected chi connectivity index (χ4v) is 0. The van der Waals surface area contributed by atoms with E-state index in [1.54, 1.807) is 0 Å². The molecule has 8 heavy (non-hydrogen) atoms. The van der Waals surface area contributed by atoms with E-state index in [0.29, 0.717) is 0 Å². The van der Waals surface area contributed by atoms with Crippen LogP contribution < -0.4 is 0 Å². The minimum atomic E-state index is -3.13. The van der Waals surface area contributed by atoms with E-state index >= 15 is 0 Å². The zero-order valence-electron chi connectivity index (χ0n) is 1.80. The molecule has 0 aromatic heterocycles. The normalized spacial score (nSPS) is 3.00. The van der Waals surface area contributed by atoms with Crippen molar-refractivity contribution in [3.63, 3.8) is 0 Å². The van der Waals surface area contributed by atoms with E-state index in [1.807, 2.05) is 0 Å². The Morgan fingerprint density at radius 2 is 1.25 bits per heavy atom. The Hall–Kier alpha value is 4.05. The molecule has 0 aromatic carbocycles. The van der Waals surface area contributed by atoms with Crippen LogP contribution in [0.3, 0.4) is 0 Å². The third kappa shape index (κ3) is 50.2. The molecule has 0 fully saturated rings. The summed E-state index contributed by atoms with van der Waals surface area (Å²) in [6, 6.07) is 0. The number of hydrogen-bond acceptors (Lipinski definition) is 1. The van der Waals surface area contributed by atoms with Crippen molar-refractivity contribution < 1.29 is 14.1 Å². The van der Waals surface area contributed by atoms with Gasteiger partial charge in [0.05, 0.1) is 0 Å². The summed E-state index contributed by atoms with van der Waals surface area (Å²) in [5.41, 5.74) is 0. The van der Waals surface area contributed by atoms with Gasteiger partial charge in [-0.3, -0.25) is 4.46 Å². The molecule has 0 spiro atoms. The van der Waals surface area contributed by atoms with Gasteiger partial charge in [0.15, 0.2) is 17.4 Å². The van der Waals surface area contributed by atoms with Crippen LogP contribution in [0.4, 0.5) is 0 Å². The Morgan fingerprint density at radius 3 is 1.25 bits per heavy atom. The van der Waals surface area contributed by atoms with Crippen LogP contribution in [0.1, 0.15) is 0 Å². The summed E-state index contributed by atoms with van der Waals surface area (Å²) >= 11 is 0. The van der Waals surface area contributed by atoms with Crippen molar-refractivity contribution in [2.75, 3.05) is 0 Å². The Morgan fingerprint density at radius 1 is 1.25 bits per heavy atom. The topological polar surface area (TPSA) is 57.5 Å². The summed E-state index contributed by atoms with van der Waals surface area (Å²) < 4.78 is 8.74. The van der Waals surface area contributed by atoms with Crippen molar-refractivity contribution >= 4 is 145 Å². The molecule has 0 bridgehead atoms. The third-order valence-corrected chi connectivity index (χ3v) is 0. The minimum absolute atomic E-state index is 0. The van der Waals surface area contributed by atoms with Crippen LogP contribution in [-0.4, -0.2) is 155 Å². The van der Waals surface area contributed by atoms with Crippen molar-refractivity contribution in [3.8, 4) is 0 Å². The first-order valence-electron chi connectivity index (χ1n) is 0.651. The van der Waals surface area contributed by atoms with Gasteiger partial charge in [-0.15, -0.1) is 0 Å². The molecule has 8 heteroatoms. The van der Waals surface area contributed by atoms with Crippen LogP contribution in [0.2, 0.25) is 0 Å². The SMILES string of the molecule is O=[Si](O)O.[AlH3].[CaH2].[KH].[NaH]. The van der Waals surface area contributed by atoms with E-state index in [1.165, 1.54) is 0 Å². The Balaban J connectivity index is -0.00000000750. The van der Waals surface area contributed by atoms with Crippen molar-refractivity contribution in [3.05, 3.63) is 0 Å². The molecule has 0 aliphatic rings. The molecule has 0 aliphatic heterocycles. The Bertz CT molecular complexity index is 42.3. The molecular weight excluding hydrogens is 205 g/mol. The van der Waals surface area contributed by atoms with Gasteiger partial charge in [-0.1, -0.05) is 0 Å². The van der Waals surface area contributed by atoms with E-state index in [0.717, 1.165) is 0 Å². The summed E-state index contributed by atoms with van der Waals surface area (Å²) in [4.78, 5) is 14.3. The number of hydrogen-bond donors (Lipinski definition) is 2. The monoisotopic (exact) mass is 214 g/mol. The predicted molar refractivity (Wildman–Crippen MR) is 43.7 cm³/mol. The number of rotatable bonds is 0. The first-order valence-corrected chi connectivity index (χ1v) is 1.95. The van der Waals surface area contributed by atoms with Crippen LogP contribution in [0.25, 0.3) is 0 Å². The third-order valence-electron chi connectivity index (χ3n) is 0. The molecule has 0 rings (SSSR count). The van der Waals surface area contributed by atoms with Crippen molar-refractivity contribution in [2.45, 2.75) is 0 Å². The second kappa shape index (κ2) is 22.5. The summed E-state index contributed by atoms with van der Waals surface area (Å²) in [7, 11) is -3.13. The molecule has 0 saturated carbocycles. The van der Waals surface area contributed by atoms with Gasteiger partial charge in [-0.25, -0.2) is 0 Å². The summed E-state index contributed by atoms with van der Waals surface area (Å²) in [5, 5.41) is 0. The molecule has 38 valence electrons. The van der Waals surface area contributed by atoms with E-state index < -0.39 is 9.17 Å². The van der Waals surface area contributed by atoms with Crippen LogP contribution in [0.15, 0.2) is 0 Å². The fourth-order valence-electron chi connectivity index (χ4n) is 0. The average molecular weight is 214 g/mol. The van der Waals surface area contributed by atoms with Crippen molar-refractivity contribution in [1.82, 2.24) is 0 Å². The molecule has 2 N–H and O–H groups in total. The van der Waals surface area contributed by atoms with Gasteiger partial charge >= 0.3 is 128 Å². The molecule has 3 nitrogen and oxygen atoms in total. The maximum atomic E-state index is 8.74. The van der Waals surface area contributed by atoms with Crippen LogP contribution in [-0.2, 0) is 4.46 Å². The molecule has 0 unspecified atom stereocenters. The average Bonchev–Trinajstić information content (AvgIpc) is 0.811. The molecule has 0 amide bonds. The van der Waals surface area contributed by atoms with E-state index in [4.69, 9.17) is 14.1 Å². The second-order valence-corrected chi connectivity index (χ2v) is 0.848. The van der Waals surface area contributed by atoms with Crippen LogP contribution >= 0.6 is 0 Å². The van der Waals surface area contributed by atoms with E-state index in [-0.39, 0.29) is 136 Å². The van der Waals surface area contributed by atoms with Crippen LogP contribution in [0, 0.1) is 0 Å². The molecule has 0 radical (unpaired) electrons. The van der Waals surface area contributed by atoms with Gasteiger partial charge in [0.25, 0.3) is 0 Å². The molecular formula is H9AlCaKNaO3Si. The van der Waals surface area contributed by atoms with Crippen molar-refractivity contribution in [2.24, 2.45) is 0 Å². The Labute approximate surface area is 155 Å². The van der Waals surface area contributed by atoms with Gasteiger partial charge in [-0.05, 0) is 0 Å². The maximum absolute atomic E-state index is 8.74. The summed E-state index contributed by atoms with van der Waals surface area (Å²) in [6.07, 6.45) is 0. The standard InChI is InChI=1S/Al.Ca.K.Na.H2O3Si.7H/c;;;;1-4(2)3;;;;;;;/h;;;;1-2H;;;;;;;. The zero-order chi connectivity index (χ0) is 3.58. The summed E-state index contributed by atoms with van der Waals surface area (Å²) in [6.45, 7) is 0. The molecule has 0 aliphatic carbocycles. The molecule has 0 saturated heterocycles. The van der Waals surface area contributed by atoms with E-state index in [2.05, 4.69) is 0 Å². The van der Waals surface area contributed by atoms with Crippen LogP contribution in [0.5, 0.6) is 0 Å². The quantitative estimate of drug-likeness (QED) is 0.397. The Kier molecular flexibility index (Phi) is 83.1. The fraction of sp³-hybridized carbons (Fsp3) is 0. The van der Waals surface area contributed by atoms with Gasteiger partial charge < -0.3 is 9.59 Å². The van der Waals surface area contributed by atoms with Gasteiger partial charge in [0.1, 0.15) is 0 Å². The van der Waals surface area contributed by atoms with Gasteiger partial charge in [0.2, 0.25) is 0 Å². The predicted octanol–water partition coefficient (Wildman–Crippen LogP) is -5.01. The van der Waals surface area contributed by atoms with Gasteiger partial charge in [0, 0.05) is 0 Å². The van der Waals surface area contributed by atoms with E-state index in [9.17, 15) is 0 Å². The molecule has 0 heterocycles. The second-order valence-electron chi connectivity index (χ2n) is 0.283. The van der Waals surface area contributed by atoms with Gasteiger partial charge in [-0.2, -0.15) is 0 Å². The zero-order valence-corrected chi connectivity index (χ0v) is 2.80. The summed E-state index contributed by atoms with van der Waals surface area (Å²) in [5.74, 6) is 0. The first-order chi connectivity index (χ1) is 1.73. The van der Waals surface area contributed by atoms with Crippen molar-refractivity contribution in [1.29, 1.82) is 0 Å². The molecule has 0 aromatic rings. The first kappa shape index (κ1) is 29.6.